The smallest absolute Gasteiger partial charge is 0.243 e. The summed E-state index contributed by atoms with van der Waals surface area (Å²) in [6, 6.07) is 0. The lowest BCUT2D eigenvalue weighted by atomic mass is 10.7. The number of aromatic nitrogens is 2. The van der Waals surface area contributed by atoms with Crippen LogP contribution in [-0.4, -0.2) is 4.57 Å². The van der Waals surface area contributed by atoms with E-state index in [1.165, 1.54) is 0 Å². The molecule has 1 aromatic heterocycles. The van der Waals surface area contributed by atoms with Crippen molar-refractivity contribution in [3.8, 4) is 6.26 Å². The van der Waals surface area contributed by atoms with Gasteiger partial charge in [-0.25, -0.2) is 14.4 Å². The highest BCUT2D eigenvalue weighted by Gasteiger charge is 1.92. The monoisotopic (exact) mass is 153 g/mol. The van der Waals surface area contributed by atoms with Crippen molar-refractivity contribution < 1.29 is 9.67 Å². The molecule has 0 bridgehead atoms. The number of hydrogen-bond acceptors (Lipinski definition) is 2. The first kappa shape index (κ1) is 9.50. The molecule has 0 N–H and O–H groups in total. The van der Waals surface area contributed by atoms with Crippen LogP contribution in [0, 0.1) is 11.5 Å². The summed E-state index contributed by atoms with van der Waals surface area (Å²) < 4.78 is 4.16. The standard InChI is InChI=1S/C6H11N2.CHNO/c1-3-8-5-4-7(2)6-8;2-1-3/h4-6H,3H2,1-2H3;3H/q+1;/p-1. The number of nitriles is 1. The molecule has 1 rings (SSSR count). The van der Waals surface area contributed by atoms with Gasteiger partial charge in [-0.05, 0) is 6.92 Å². The summed E-state index contributed by atoms with van der Waals surface area (Å²) in [5.41, 5.74) is 0. The minimum atomic E-state index is 0.500. The Balaban J connectivity index is 0.000000292. The molecule has 0 atom stereocenters. The van der Waals surface area contributed by atoms with Gasteiger partial charge in [-0.1, -0.05) is 0 Å². The van der Waals surface area contributed by atoms with Crippen LogP contribution < -0.4 is 9.67 Å². The second-order valence-electron chi connectivity index (χ2n) is 2.00. The molecule has 0 aliphatic heterocycles. The second-order valence-corrected chi connectivity index (χ2v) is 2.00. The van der Waals surface area contributed by atoms with Crippen molar-refractivity contribution in [2.45, 2.75) is 13.5 Å². The van der Waals surface area contributed by atoms with Gasteiger partial charge in [0.05, 0.1) is 13.6 Å². The largest absolute Gasteiger partial charge is 0.812 e. The van der Waals surface area contributed by atoms with Crippen LogP contribution >= 0.6 is 0 Å². The molecule has 1 aromatic rings. The molecule has 11 heavy (non-hydrogen) atoms. The minimum Gasteiger partial charge on any atom is -0.812 e. The van der Waals surface area contributed by atoms with Gasteiger partial charge in [-0.2, -0.15) is 0 Å². The molecule has 0 spiro atoms. The summed E-state index contributed by atoms with van der Waals surface area (Å²) in [6.45, 7) is 3.18. The van der Waals surface area contributed by atoms with E-state index in [0.29, 0.717) is 6.26 Å². The van der Waals surface area contributed by atoms with E-state index in [1.54, 1.807) is 0 Å². The molecule has 4 nitrogen and oxygen atoms in total. The average Bonchev–Trinajstić information content (AvgIpc) is 2.37. The molecule has 0 aliphatic rings. The summed E-state index contributed by atoms with van der Waals surface area (Å²) in [6.07, 6.45) is 6.64. The molecule has 0 radical (unpaired) electrons. The number of nitrogens with zero attached hydrogens (tertiary/aromatic N) is 3. The first-order chi connectivity index (χ1) is 5.24. The number of imidazole rings is 1. The van der Waals surface area contributed by atoms with Crippen LogP contribution in [0.15, 0.2) is 18.7 Å². The maximum Gasteiger partial charge on any atom is 0.243 e. The van der Waals surface area contributed by atoms with Crippen LogP contribution in [0.1, 0.15) is 6.92 Å². The first-order valence-corrected chi connectivity index (χ1v) is 3.26. The van der Waals surface area contributed by atoms with Crippen LogP contribution in [0.5, 0.6) is 0 Å². The summed E-state index contributed by atoms with van der Waals surface area (Å²) in [5, 5.41) is 15.0. The number of aryl methyl sites for hydroxylation is 2. The Morgan fingerprint density at radius 1 is 1.73 bits per heavy atom. The summed E-state index contributed by atoms with van der Waals surface area (Å²) >= 11 is 0. The summed E-state index contributed by atoms with van der Waals surface area (Å²) in [5.74, 6) is 0. The molecular weight excluding hydrogens is 142 g/mol. The van der Waals surface area contributed by atoms with E-state index in [4.69, 9.17) is 10.4 Å². The van der Waals surface area contributed by atoms with Crippen molar-refractivity contribution in [3.63, 3.8) is 0 Å². The van der Waals surface area contributed by atoms with Gasteiger partial charge in [-0.15, -0.1) is 0 Å². The van der Waals surface area contributed by atoms with E-state index in [-0.39, 0.29) is 0 Å². The number of rotatable bonds is 1. The van der Waals surface area contributed by atoms with Gasteiger partial charge in [0.2, 0.25) is 6.33 Å². The van der Waals surface area contributed by atoms with Gasteiger partial charge in [-0.3, -0.25) is 0 Å². The molecule has 0 saturated heterocycles. The fourth-order valence-electron chi connectivity index (χ4n) is 0.689. The summed E-state index contributed by atoms with van der Waals surface area (Å²) in [7, 11) is 2.02. The first-order valence-electron chi connectivity index (χ1n) is 3.26. The second kappa shape index (κ2) is 5.30. The normalized spacial score (nSPS) is 7.73. The van der Waals surface area contributed by atoms with Gasteiger partial charge >= 0.3 is 0 Å². The van der Waals surface area contributed by atoms with Crippen LogP contribution in [0.3, 0.4) is 0 Å². The third-order valence-corrected chi connectivity index (χ3v) is 1.19. The van der Waals surface area contributed by atoms with Gasteiger partial charge in [0.1, 0.15) is 12.4 Å². The minimum absolute atomic E-state index is 0.500. The van der Waals surface area contributed by atoms with E-state index >= 15 is 0 Å². The van der Waals surface area contributed by atoms with E-state index in [2.05, 4.69) is 24.0 Å². The molecule has 60 valence electrons. The highest BCUT2D eigenvalue weighted by molar-refractivity contribution is 4.61. The summed E-state index contributed by atoms with van der Waals surface area (Å²) in [4.78, 5) is 0. The quantitative estimate of drug-likeness (QED) is 0.390. The van der Waals surface area contributed by atoms with Crippen molar-refractivity contribution in [1.82, 2.24) is 4.57 Å². The zero-order chi connectivity index (χ0) is 8.69. The predicted molar refractivity (Wildman–Crippen MR) is 36.9 cm³/mol. The Morgan fingerprint density at radius 3 is 2.45 bits per heavy atom. The molecule has 1 heterocycles. The molecule has 0 saturated carbocycles. The molecule has 0 amide bonds. The van der Waals surface area contributed by atoms with Crippen LogP contribution in [0.25, 0.3) is 0 Å². The van der Waals surface area contributed by atoms with Gasteiger partial charge < -0.3 is 5.11 Å². The topological polar surface area (TPSA) is 55.7 Å². The highest BCUT2D eigenvalue weighted by Crippen LogP contribution is 1.74. The fourth-order valence-corrected chi connectivity index (χ4v) is 0.689. The van der Waals surface area contributed by atoms with E-state index in [0.717, 1.165) is 6.54 Å². The van der Waals surface area contributed by atoms with E-state index in [9.17, 15) is 0 Å². The van der Waals surface area contributed by atoms with Crippen LogP contribution in [0.2, 0.25) is 0 Å². The van der Waals surface area contributed by atoms with Crippen molar-refractivity contribution in [2.24, 2.45) is 7.05 Å². The van der Waals surface area contributed by atoms with Crippen LogP contribution in [0.4, 0.5) is 0 Å². The maximum atomic E-state index is 8.24. The number of hydrogen-bond donors (Lipinski definition) is 0. The van der Waals surface area contributed by atoms with Gasteiger partial charge in [0.25, 0.3) is 0 Å². The molecular formula is C7H11N3O. The molecule has 0 aromatic carbocycles. The maximum absolute atomic E-state index is 8.24. The molecule has 0 fully saturated rings. The van der Waals surface area contributed by atoms with Crippen molar-refractivity contribution in [2.75, 3.05) is 0 Å². The predicted octanol–water partition coefficient (Wildman–Crippen LogP) is -0.840. The zero-order valence-electron chi connectivity index (χ0n) is 6.69. The fraction of sp³-hybridized carbons (Fsp3) is 0.429. The molecule has 0 unspecified atom stereocenters. The lowest BCUT2D eigenvalue weighted by molar-refractivity contribution is -0.693. The Morgan fingerprint density at radius 2 is 2.27 bits per heavy atom. The Kier molecular flexibility index (Phi) is 4.58. The van der Waals surface area contributed by atoms with Crippen molar-refractivity contribution in [1.29, 1.82) is 5.26 Å². The average molecular weight is 153 g/mol. The highest BCUT2D eigenvalue weighted by atomic mass is 16.2. The Labute approximate surface area is 65.9 Å². The molecule has 0 aliphatic carbocycles. The Hall–Kier alpha value is -1.50. The SMILES string of the molecule is CC[n+]1ccn(C)c1.N#C[O-]. The third-order valence-electron chi connectivity index (χ3n) is 1.19. The molecule has 4 heteroatoms. The van der Waals surface area contributed by atoms with Crippen LogP contribution in [-0.2, 0) is 13.6 Å². The third kappa shape index (κ3) is 3.98. The lowest BCUT2D eigenvalue weighted by Gasteiger charge is -1.81. The Bertz CT molecular complexity index is 236. The zero-order valence-corrected chi connectivity index (χ0v) is 6.69. The van der Waals surface area contributed by atoms with Crippen molar-refractivity contribution in [3.05, 3.63) is 18.7 Å². The van der Waals surface area contributed by atoms with E-state index in [1.807, 2.05) is 17.8 Å². The van der Waals surface area contributed by atoms with Gasteiger partial charge in [0, 0.05) is 6.26 Å². The van der Waals surface area contributed by atoms with Crippen molar-refractivity contribution >= 4 is 0 Å². The van der Waals surface area contributed by atoms with Gasteiger partial charge in [0.15, 0.2) is 0 Å². The lowest BCUT2D eigenvalue weighted by Crippen LogP contribution is -2.28. The van der Waals surface area contributed by atoms with E-state index < -0.39 is 0 Å².